The Morgan fingerprint density at radius 1 is 0.786 bits per heavy atom. The highest BCUT2D eigenvalue weighted by atomic mass is 16.5. The first-order chi connectivity index (χ1) is 6.19. The first kappa shape index (κ1) is 13.8. The van der Waals surface area contributed by atoms with Crippen LogP contribution in [0, 0.1) is 0 Å². The predicted octanol–water partition coefficient (Wildman–Crippen LogP) is 0.558. The normalized spacial score (nSPS) is 18.0. The standard InChI is InChI=1S/C10H22O4/c1-9(2,13-5)7(11)8(12)10(3,4)14-6/h7-8,11-12H,1-6H3/t7-,8-/m1/s1. The van der Waals surface area contributed by atoms with Gasteiger partial charge in [-0.1, -0.05) is 0 Å². The molecule has 0 amide bonds. The van der Waals surface area contributed by atoms with E-state index in [-0.39, 0.29) is 0 Å². The van der Waals surface area contributed by atoms with Crippen LogP contribution in [0.1, 0.15) is 27.7 Å². The molecule has 0 aromatic carbocycles. The maximum atomic E-state index is 9.86. The Labute approximate surface area is 85.8 Å². The van der Waals surface area contributed by atoms with Crippen molar-refractivity contribution in [1.29, 1.82) is 0 Å². The molecule has 0 saturated carbocycles. The first-order valence-corrected chi connectivity index (χ1v) is 4.65. The number of ether oxygens (including phenoxy) is 2. The van der Waals surface area contributed by atoms with Crippen molar-refractivity contribution in [3.05, 3.63) is 0 Å². The fourth-order valence-electron chi connectivity index (χ4n) is 1.00. The molecule has 86 valence electrons. The van der Waals surface area contributed by atoms with Crippen molar-refractivity contribution in [2.75, 3.05) is 14.2 Å². The van der Waals surface area contributed by atoms with E-state index in [9.17, 15) is 10.2 Å². The van der Waals surface area contributed by atoms with Crippen molar-refractivity contribution < 1.29 is 19.7 Å². The third kappa shape index (κ3) is 2.92. The number of hydrogen-bond acceptors (Lipinski definition) is 4. The number of rotatable bonds is 5. The summed E-state index contributed by atoms with van der Waals surface area (Å²) in [4.78, 5) is 0. The van der Waals surface area contributed by atoms with Gasteiger partial charge in [0, 0.05) is 14.2 Å². The molecule has 0 aromatic heterocycles. The van der Waals surface area contributed by atoms with E-state index >= 15 is 0 Å². The van der Waals surface area contributed by atoms with Gasteiger partial charge in [-0.05, 0) is 27.7 Å². The molecule has 0 rings (SSSR count). The van der Waals surface area contributed by atoms with Gasteiger partial charge >= 0.3 is 0 Å². The van der Waals surface area contributed by atoms with Crippen LogP contribution in [-0.2, 0) is 9.47 Å². The molecule has 0 heterocycles. The van der Waals surface area contributed by atoms with E-state index in [0.717, 1.165) is 0 Å². The Bertz CT molecular complexity index is 157. The van der Waals surface area contributed by atoms with Crippen molar-refractivity contribution >= 4 is 0 Å². The number of methoxy groups -OCH3 is 2. The van der Waals surface area contributed by atoms with E-state index in [4.69, 9.17) is 9.47 Å². The van der Waals surface area contributed by atoms with E-state index in [0.29, 0.717) is 0 Å². The molecule has 0 aliphatic carbocycles. The Morgan fingerprint density at radius 3 is 1.14 bits per heavy atom. The summed E-state index contributed by atoms with van der Waals surface area (Å²) in [5.41, 5.74) is -1.59. The van der Waals surface area contributed by atoms with E-state index in [1.807, 2.05) is 0 Å². The lowest BCUT2D eigenvalue weighted by Crippen LogP contribution is -2.55. The lowest BCUT2D eigenvalue weighted by atomic mass is 9.87. The number of aliphatic hydroxyl groups excluding tert-OH is 2. The molecule has 0 unspecified atom stereocenters. The summed E-state index contributed by atoms with van der Waals surface area (Å²) in [6.45, 7) is 6.86. The van der Waals surface area contributed by atoms with Gasteiger partial charge < -0.3 is 19.7 Å². The molecule has 14 heavy (non-hydrogen) atoms. The van der Waals surface area contributed by atoms with Gasteiger partial charge in [0.2, 0.25) is 0 Å². The molecular formula is C10H22O4. The third-order valence-corrected chi connectivity index (χ3v) is 2.78. The molecule has 2 atom stereocenters. The summed E-state index contributed by atoms with van der Waals surface area (Å²) in [6, 6.07) is 0. The van der Waals surface area contributed by atoms with Gasteiger partial charge in [-0.3, -0.25) is 0 Å². The van der Waals surface area contributed by atoms with Crippen LogP contribution in [0.15, 0.2) is 0 Å². The highest BCUT2D eigenvalue weighted by Crippen LogP contribution is 2.24. The van der Waals surface area contributed by atoms with Gasteiger partial charge in [-0.25, -0.2) is 0 Å². The molecule has 0 spiro atoms. The van der Waals surface area contributed by atoms with Crippen molar-refractivity contribution in [3.63, 3.8) is 0 Å². The fourth-order valence-corrected chi connectivity index (χ4v) is 1.00. The molecule has 0 aliphatic rings. The average Bonchev–Trinajstić information content (AvgIpc) is 2.15. The molecule has 4 heteroatoms. The highest BCUT2D eigenvalue weighted by molar-refractivity contribution is 4.92. The molecule has 0 aromatic rings. The van der Waals surface area contributed by atoms with E-state index in [1.165, 1.54) is 14.2 Å². The largest absolute Gasteiger partial charge is 0.387 e. The maximum Gasteiger partial charge on any atom is 0.111 e. The summed E-state index contributed by atoms with van der Waals surface area (Å²) >= 11 is 0. The quantitative estimate of drug-likeness (QED) is 0.690. The minimum Gasteiger partial charge on any atom is -0.387 e. The first-order valence-electron chi connectivity index (χ1n) is 4.65. The predicted molar refractivity (Wildman–Crippen MR) is 54.2 cm³/mol. The molecule has 0 fully saturated rings. The molecule has 4 nitrogen and oxygen atoms in total. The Hall–Kier alpha value is -0.160. The minimum absolute atomic E-state index is 0.796. The van der Waals surface area contributed by atoms with Crippen molar-refractivity contribution in [3.8, 4) is 0 Å². The van der Waals surface area contributed by atoms with Gasteiger partial charge in [0.05, 0.1) is 11.2 Å². The van der Waals surface area contributed by atoms with Crippen LogP contribution in [0.2, 0.25) is 0 Å². The summed E-state index contributed by atoms with van der Waals surface area (Å²) in [6.07, 6.45) is -2.00. The zero-order valence-electron chi connectivity index (χ0n) is 9.87. The van der Waals surface area contributed by atoms with Gasteiger partial charge in [0.15, 0.2) is 0 Å². The van der Waals surface area contributed by atoms with Crippen LogP contribution in [0.5, 0.6) is 0 Å². The molecule has 0 aliphatic heterocycles. The minimum atomic E-state index is -0.998. The van der Waals surface area contributed by atoms with Crippen LogP contribution in [0.25, 0.3) is 0 Å². The Morgan fingerprint density at radius 2 is 1.00 bits per heavy atom. The summed E-state index contributed by atoms with van der Waals surface area (Å²) in [7, 11) is 2.99. The maximum absolute atomic E-state index is 9.86. The van der Waals surface area contributed by atoms with Crippen LogP contribution in [0.3, 0.4) is 0 Å². The van der Waals surface area contributed by atoms with Gasteiger partial charge in [0.25, 0.3) is 0 Å². The summed E-state index contributed by atoms with van der Waals surface area (Å²) in [5, 5.41) is 19.7. The zero-order chi connectivity index (χ0) is 11.6. The molecular weight excluding hydrogens is 184 g/mol. The topological polar surface area (TPSA) is 58.9 Å². The SMILES string of the molecule is COC(C)(C)[C@H](O)[C@@H](O)C(C)(C)OC. The van der Waals surface area contributed by atoms with E-state index in [1.54, 1.807) is 27.7 Å². The molecule has 2 N–H and O–H groups in total. The van der Waals surface area contributed by atoms with E-state index < -0.39 is 23.4 Å². The average molecular weight is 206 g/mol. The smallest absolute Gasteiger partial charge is 0.111 e. The van der Waals surface area contributed by atoms with Crippen molar-refractivity contribution in [2.45, 2.75) is 51.1 Å². The van der Waals surface area contributed by atoms with Gasteiger partial charge in [0.1, 0.15) is 12.2 Å². The lowest BCUT2D eigenvalue weighted by Gasteiger charge is -2.39. The molecule has 0 radical (unpaired) electrons. The van der Waals surface area contributed by atoms with Crippen LogP contribution in [0.4, 0.5) is 0 Å². The van der Waals surface area contributed by atoms with Crippen LogP contribution < -0.4 is 0 Å². The summed E-state index contributed by atoms with van der Waals surface area (Å²) < 4.78 is 10.2. The molecule has 0 bridgehead atoms. The van der Waals surface area contributed by atoms with Crippen molar-refractivity contribution in [1.82, 2.24) is 0 Å². The van der Waals surface area contributed by atoms with Crippen LogP contribution in [-0.4, -0.2) is 47.8 Å². The lowest BCUT2D eigenvalue weighted by molar-refractivity contribution is -0.181. The monoisotopic (exact) mass is 206 g/mol. The van der Waals surface area contributed by atoms with Gasteiger partial charge in [-0.15, -0.1) is 0 Å². The Balaban J connectivity index is 4.62. The third-order valence-electron chi connectivity index (χ3n) is 2.78. The second-order valence-corrected chi connectivity index (χ2v) is 4.50. The van der Waals surface area contributed by atoms with Crippen molar-refractivity contribution in [2.24, 2.45) is 0 Å². The second kappa shape index (κ2) is 4.57. The number of aliphatic hydroxyl groups is 2. The summed E-state index contributed by atoms with van der Waals surface area (Å²) in [5.74, 6) is 0. The zero-order valence-corrected chi connectivity index (χ0v) is 9.87. The van der Waals surface area contributed by atoms with E-state index in [2.05, 4.69) is 0 Å². The number of hydrogen-bond donors (Lipinski definition) is 2. The second-order valence-electron chi connectivity index (χ2n) is 4.50. The van der Waals surface area contributed by atoms with Gasteiger partial charge in [-0.2, -0.15) is 0 Å². The Kier molecular flexibility index (Phi) is 4.52. The highest BCUT2D eigenvalue weighted by Gasteiger charge is 2.41. The fraction of sp³-hybridized carbons (Fsp3) is 1.00. The van der Waals surface area contributed by atoms with Crippen LogP contribution >= 0.6 is 0 Å². The molecule has 0 saturated heterocycles.